The van der Waals surface area contributed by atoms with Gasteiger partial charge in [0, 0.05) is 49.1 Å². The highest BCUT2D eigenvalue weighted by Crippen LogP contribution is 2.27. The first kappa shape index (κ1) is 15.6. The van der Waals surface area contributed by atoms with Gasteiger partial charge in [-0.25, -0.2) is 8.42 Å². The van der Waals surface area contributed by atoms with Crippen LogP contribution in [0.2, 0.25) is 0 Å². The first-order valence-corrected chi connectivity index (χ1v) is 9.90. The van der Waals surface area contributed by atoms with Crippen molar-refractivity contribution in [2.45, 2.75) is 24.0 Å². The van der Waals surface area contributed by atoms with E-state index in [0.29, 0.717) is 16.9 Å². The van der Waals surface area contributed by atoms with Gasteiger partial charge in [0.15, 0.2) is 0 Å². The minimum Gasteiger partial charge on any atom is -0.445 e. The summed E-state index contributed by atoms with van der Waals surface area (Å²) in [7, 11) is -3.43. The molecule has 1 unspecified atom stereocenters. The number of hydrogen-bond acceptors (Lipinski definition) is 6. The van der Waals surface area contributed by atoms with Crippen molar-refractivity contribution >= 4 is 26.7 Å². The molecule has 0 radical (unpaired) electrons. The number of amides is 1. The minimum absolute atomic E-state index is 0.117. The van der Waals surface area contributed by atoms with Gasteiger partial charge in [0.1, 0.15) is 11.3 Å². The topological polar surface area (TPSA) is 92.5 Å². The van der Waals surface area contributed by atoms with Crippen LogP contribution in [-0.4, -0.2) is 56.1 Å². The van der Waals surface area contributed by atoms with Crippen molar-refractivity contribution in [2.24, 2.45) is 5.92 Å². The van der Waals surface area contributed by atoms with Gasteiger partial charge in [-0.05, 0) is 25.3 Å². The second-order valence-corrected chi connectivity index (χ2v) is 8.71. The van der Waals surface area contributed by atoms with Crippen LogP contribution >= 0.6 is 0 Å². The molecular weight excluding hydrogens is 330 g/mol. The van der Waals surface area contributed by atoms with E-state index < -0.39 is 9.84 Å². The Morgan fingerprint density at radius 1 is 1.38 bits per heavy atom. The molecule has 1 N–H and O–H groups in total. The van der Waals surface area contributed by atoms with Crippen LogP contribution in [0.5, 0.6) is 0 Å². The molecule has 2 aliphatic heterocycles. The van der Waals surface area contributed by atoms with E-state index in [2.05, 4.69) is 15.2 Å². The van der Waals surface area contributed by atoms with E-state index in [4.69, 9.17) is 4.42 Å². The van der Waals surface area contributed by atoms with E-state index in [1.807, 2.05) is 0 Å². The number of rotatable bonds is 3. The van der Waals surface area contributed by atoms with Crippen LogP contribution in [0.1, 0.15) is 23.3 Å². The lowest BCUT2D eigenvalue weighted by atomic mass is 9.97. The number of pyridine rings is 1. The van der Waals surface area contributed by atoms with Crippen molar-refractivity contribution in [1.82, 2.24) is 15.2 Å². The minimum atomic E-state index is -3.43. The number of aromatic nitrogens is 1. The summed E-state index contributed by atoms with van der Waals surface area (Å²) in [6.45, 7) is 3.13. The Bertz CT molecular complexity index is 893. The van der Waals surface area contributed by atoms with Crippen molar-refractivity contribution < 1.29 is 17.6 Å². The van der Waals surface area contributed by atoms with Gasteiger partial charge in [0.25, 0.3) is 5.91 Å². The number of fused-ring (bicyclic) bond motifs is 3. The van der Waals surface area contributed by atoms with E-state index in [9.17, 15) is 13.2 Å². The Morgan fingerprint density at radius 3 is 2.96 bits per heavy atom. The summed E-state index contributed by atoms with van der Waals surface area (Å²) in [5.41, 5.74) is 0.591. The molecule has 4 rings (SSSR count). The molecule has 0 spiro atoms. The molecular formula is C16H19N3O4S. The smallest absolute Gasteiger partial charge is 0.270 e. The molecule has 0 aromatic carbocycles. The quantitative estimate of drug-likeness (QED) is 0.891. The van der Waals surface area contributed by atoms with Crippen LogP contribution in [0, 0.1) is 5.92 Å². The number of carbonyl (C=O) groups is 1. The average Bonchev–Trinajstić information content (AvgIpc) is 3.09. The zero-order valence-corrected chi connectivity index (χ0v) is 14.2. The average molecular weight is 349 g/mol. The highest BCUT2D eigenvalue weighted by molar-refractivity contribution is 7.90. The van der Waals surface area contributed by atoms with Gasteiger partial charge in [0.05, 0.1) is 0 Å². The number of furan rings is 1. The number of carbonyl (C=O) groups excluding carboxylic acids is 1. The van der Waals surface area contributed by atoms with E-state index in [1.54, 1.807) is 0 Å². The van der Waals surface area contributed by atoms with Gasteiger partial charge in [-0.3, -0.25) is 9.78 Å². The maximum Gasteiger partial charge on any atom is 0.270 e. The van der Waals surface area contributed by atoms with Crippen molar-refractivity contribution in [3.05, 3.63) is 24.0 Å². The summed E-state index contributed by atoms with van der Waals surface area (Å²) in [6, 6.07) is 3.06. The maximum atomic E-state index is 12.4. The fourth-order valence-electron chi connectivity index (χ4n) is 3.64. The van der Waals surface area contributed by atoms with Crippen LogP contribution in [0.3, 0.4) is 0 Å². The molecule has 128 valence electrons. The summed E-state index contributed by atoms with van der Waals surface area (Å²) in [5.74, 6) is 0.420. The molecule has 1 amide bonds. The second kappa shape index (κ2) is 5.56. The van der Waals surface area contributed by atoms with Gasteiger partial charge in [0.2, 0.25) is 14.9 Å². The summed E-state index contributed by atoms with van der Waals surface area (Å²) in [5, 5.41) is 3.48. The number of nitrogens with one attached hydrogen (secondary N) is 1. The maximum absolute atomic E-state index is 12.4. The lowest BCUT2D eigenvalue weighted by Crippen LogP contribution is -2.47. The first-order valence-electron chi connectivity index (χ1n) is 8.01. The predicted octanol–water partition coefficient (Wildman–Crippen LogP) is 1.06. The molecule has 2 aromatic heterocycles. The molecule has 3 atom stereocenters. The van der Waals surface area contributed by atoms with E-state index in [0.717, 1.165) is 32.3 Å². The molecule has 24 heavy (non-hydrogen) atoms. The lowest BCUT2D eigenvalue weighted by molar-refractivity contribution is 0.0904. The molecule has 2 fully saturated rings. The highest BCUT2D eigenvalue weighted by Gasteiger charge is 2.33. The largest absolute Gasteiger partial charge is 0.445 e. The standard InChI is InChI=1S/C16H19N3O4S/c1-24(21,22)15-5-11-7-17-13(6-14(11)23-15)16(20)18-12-4-10-2-3-19(8-10)9-12/h5-7,10,12H,2-4,8-9H2,1H3,(H,18,20)/t10-,12-/m1/s1. The summed E-state index contributed by atoms with van der Waals surface area (Å²) in [4.78, 5) is 19.0. The Hall–Kier alpha value is -1.93. The summed E-state index contributed by atoms with van der Waals surface area (Å²) < 4.78 is 28.4. The first-order chi connectivity index (χ1) is 11.4. The third kappa shape index (κ3) is 2.91. The summed E-state index contributed by atoms with van der Waals surface area (Å²) in [6.07, 6.45) is 4.76. The van der Waals surface area contributed by atoms with Gasteiger partial charge in [-0.15, -0.1) is 0 Å². The zero-order chi connectivity index (χ0) is 16.9. The molecule has 8 heteroatoms. The number of sulfone groups is 1. The van der Waals surface area contributed by atoms with E-state index in [-0.39, 0.29) is 22.7 Å². The second-order valence-electron chi connectivity index (χ2n) is 6.77. The Labute approximate surface area is 139 Å². The zero-order valence-electron chi connectivity index (χ0n) is 13.4. The molecule has 0 aliphatic carbocycles. The molecule has 2 aliphatic rings. The van der Waals surface area contributed by atoms with Crippen LogP contribution < -0.4 is 5.32 Å². The van der Waals surface area contributed by atoms with E-state index in [1.165, 1.54) is 24.8 Å². The molecule has 2 aromatic rings. The highest BCUT2D eigenvalue weighted by atomic mass is 32.2. The fraction of sp³-hybridized carbons (Fsp3) is 0.500. The predicted molar refractivity (Wildman–Crippen MR) is 87.5 cm³/mol. The van der Waals surface area contributed by atoms with Crippen molar-refractivity contribution in [3.63, 3.8) is 0 Å². The molecule has 4 heterocycles. The Kier molecular flexibility index (Phi) is 3.61. The third-order valence-corrected chi connectivity index (χ3v) is 5.71. The van der Waals surface area contributed by atoms with Crippen molar-refractivity contribution in [3.8, 4) is 0 Å². The normalized spacial score (nSPS) is 26.6. The van der Waals surface area contributed by atoms with Crippen LogP contribution in [0.25, 0.3) is 11.0 Å². The van der Waals surface area contributed by atoms with Gasteiger partial charge in [-0.1, -0.05) is 0 Å². The SMILES string of the molecule is CS(=O)(=O)c1cc2cnc(C(=O)N[C@@H]3C[C@H]4CCN(C4)C3)cc2o1. The van der Waals surface area contributed by atoms with Crippen LogP contribution in [-0.2, 0) is 9.84 Å². The Balaban J connectivity index is 1.54. The number of piperidine rings is 1. The number of hydrogen-bond donors (Lipinski definition) is 1. The van der Waals surface area contributed by atoms with Crippen molar-refractivity contribution in [1.29, 1.82) is 0 Å². The fourth-order valence-corrected chi connectivity index (χ4v) is 4.22. The van der Waals surface area contributed by atoms with Crippen LogP contribution in [0.4, 0.5) is 0 Å². The van der Waals surface area contributed by atoms with Gasteiger partial charge >= 0.3 is 0 Å². The lowest BCUT2D eigenvalue weighted by Gasteiger charge is -2.30. The molecule has 2 bridgehead atoms. The van der Waals surface area contributed by atoms with Gasteiger partial charge in [-0.2, -0.15) is 0 Å². The monoisotopic (exact) mass is 349 g/mol. The van der Waals surface area contributed by atoms with Crippen LogP contribution in [0.15, 0.2) is 27.8 Å². The molecule has 7 nitrogen and oxygen atoms in total. The number of nitrogens with zero attached hydrogens (tertiary/aromatic N) is 2. The molecule has 2 saturated heterocycles. The van der Waals surface area contributed by atoms with Crippen molar-refractivity contribution in [2.75, 3.05) is 25.9 Å². The summed E-state index contributed by atoms with van der Waals surface area (Å²) >= 11 is 0. The van der Waals surface area contributed by atoms with E-state index >= 15 is 0 Å². The Morgan fingerprint density at radius 2 is 2.21 bits per heavy atom. The molecule has 0 saturated carbocycles. The van der Waals surface area contributed by atoms with Gasteiger partial charge < -0.3 is 14.6 Å². The third-order valence-electron chi connectivity index (χ3n) is 4.78.